The van der Waals surface area contributed by atoms with Crippen molar-refractivity contribution in [3.63, 3.8) is 0 Å². The summed E-state index contributed by atoms with van der Waals surface area (Å²) in [5.41, 5.74) is 2.07. The number of carbonyl (C=O) groups excluding carboxylic acids is 1. The largest absolute Gasteiger partial charge is 0.484 e. The zero-order valence-electron chi connectivity index (χ0n) is 21.1. The van der Waals surface area contributed by atoms with Crippen molar-refractivity contribution in [3.05, 3.63) is 108 Å². The molecular formula is C30H33NO4S2. The number of ketones is 1. The van der Waals surface area contributed by atoms with Crippen molar-refractivity contribution in [3.8, 4) is 0 Å². The van der Waals surface area contributed by atoms with Gasteiger partial charge in [0.15, 0.2) is 5.05 Å². The average molecular weight is 536 g/mol. The Morgan fingerprint density at radius 1 is 1.08 bits per heavy atom. The van der Waals surface area contributed by atoms with Crippen LogP contribution < -0.4 is 10.7 Å². The summed E-state index contributed by atoms with van der Waals surface area (Å²) in [6.07, 6.45) is 8.01. The molecule has 5 rings (SSSR count). The quantitative estimate of drug-likeness (QED) is 0.300. The van der Waals surface area contributed by atoms with Crippen molar-refractivity contribution in [1.82, 2.24) is 5.32 Å². The lowest BCUT2D eigenvalue weighted by molar-refractivity contribution is -0.117. The van der Waals surface area contributed by atoms with E-state index in [1.165, 1.54) is 17.3 Å². The van der Waals surface area contributed by atoms with Crippen LogP contribution in [-0.2, 0) is 9.53 Å². The van der Waals surface area contributed by atoms with E-state index < -0.39 is 0 Å². The minimum absolute atomic E-state index is 0.0844. The van der Waals surface area contributed by atoms with E-state index in [1.54, 1.807) is 18.2 Å². The minimum atomic E-state index is 0.0844. The normalized spacial score (nSPS) is 13.2. The van der Waals surface area contributed by atoms with Crippen molar-refractivity contribution in [2.75, 3.05) is 25.4 Å². The fraction of sp³-hybridized carbons (Fsp3) is 0.233. The fourth-order valence-electron chi connectivity index (χ4n) is 3.09. The highest BCUT2D eigenvalue weighted by Crippen LogP contribution is 2.28. The number of rotatable bonds is 4. The summed E-state index contributed by atoms with van der Waals surface area (Å²) < 4.78 is 10.6. The van der Waals surface area contributed by atoms with Gasteiger partial charge in [-0.15, -0.1) is 24.9 Å². The first-order valence-electron chi connectivity index (χ1n) is 11.9. The molecule has 37 heavy (non-hydrogen) atoms. The van der Waals surface area contributed by atoms with Crippen LogP contribution in [0.4, 0.5) is 0 Å². The lowest BCUT2D eigenvalue weighted by Gasteiger charge is -2.13. The maximum Gasteiger partial charge on any atom is 0.206 e. The third kappa shape index (κ3) is 11.1. The Morgan fingerprint density at radius 2 is 1.76 bits per heavy atom. The number of morpholine rings is 1. The van der Waals surface area contributed by atoms with Gasteiger partial charge < -0.3 is 14.5 Å². The van der Waals surface area contributed by atoms with Gasteiger partial charge in [-0.1, -0.05) is 66.3 Å². The van der Waals surface area contributed by atoms with Crippen molar-refractivity contribution in [2.24, 2.45) is 0 Å². The molecule has 1 aromatic heterocycles. The molecule has 0 unspecified atom stereocenters. The first kappa shape index (κ1) is 30.0. The number of hydrogen-bond acceptors (Lipinski definition) is 7. The van der Waals surface area contributed by atoms with E-state index in [9.17, 15) is 9.59 Å². The number of carbonyl (C=O) groups is 1. The predicted molar refractivity (Wildman–Crippen MR) is 159 cm³/mol. The molecule has 3 aromatic rings. The van der Waals surface area contributed by atoms with Gasteiger partial charge in [-0.2, -0.15) is 0 Å². The second-order valence-electron chi connectivity index (χ2n) is 7.91. The van der Waals surface area contributed by atoms with E-state index in [0.717, 1.165) is 30.3 Å². The highest BCUT2D eigenvalue weighted by molar-refractivity contribution is 7.99. The standard InChI is InChI=1S/C12H8O2S.C7H10O.C7H8.C4H7NOS/c13-11-8-4-1-2-5-9(8)14-10-6-3-7-15-12(10)11;1-3-5-7(8)6-4-2;1-7-5-3-2-4-6-7;7-4-3-5-1-2-6-4/h1-6H,7H2;3-4H,1-2,5-6H2;2-6H,1H3;5H,1-3H2. The van der Waals surface area contributed by atoms with Crippen molar-refractivity contribution < 1.29 is 13.9 Å². The number of fused-ring (bicyclic) bond motifs is 2. The Kier molecular flexibility index (Phi) is 14.0. The van der Waals surface area contributed by atoms with Crippen LogP contribution in [0.15, 0.2) is 100 Å². The number of Topliss-reactive ketones (excluding diaryl/α,β-unsaturated/α-hetero) is 1. The Bertz CT molecular complexity index is 1250. The first-order chi connectivity index (χ1) is 18.0. The summed E-state index contributed by atoms with van der Waals surface area (Å²) in [4.78, 5) is 23.3. The molecule has 0 amide bonds. The van der Waals surface area contributed by atoms with Crippen molar-refractivity contribution in [1.29, 1.82) is 0 Å². The van der Waals surface area contributed by atoms with Crippen LogP contribution in [0.1, 0.15) is 24.2 Å². The molecule has 0 saturated carbocycles. The molecule has 194 valence electrons. The summed E-state index contributed by atoms with van der Waals surface area (Å²) in [5.74, 6) is 1.71. The number of thiocarbonyl (C=S) groups is 1. The lowest BCUT2D eigenvalue weighted by Crippen LogP contribution is -2.33. The maximum atomic E-state index is 12.1. The maximum absolute atomic E-state index is 12.1. The zero-order valence-corrected chi connectivity index (χ0v) is 22.7. The molecule has 0 bridgehead atoms. The molecule has 0 aliphatic carbocycles. The Balaban J connectivity index is 0.000000188. The van der Waals surface area contributed by atoms with Gasteiger partial charge in [0, 0.05) is 25.1 Å². The monoisotopic (exact) mass is 535 g/mol. The van der Waals surface area contributed by atoms with Gasteiger partial charge in [0.1, 0.15) is 23.7 Å². The van der Waals surface area contributed by atoms with Crippen LogP contribution in [0.3, 0.4) is 0 Å². The van der Waals surface area contributed by atoms with Crippen LogP contribution in [0.2, 0.25) is 0 Å². The number of para-hydroxylation sites is 1. The van der Waals surface area contributed by atoms with Crippen LogP contribution in [0.5, 0.6) is 0 Å². The smallest absolute Gasteiger partial charge is 0.206 e. The lowest BCUT2D eigenvalue weighted by atomic mass is 10.2. The Morgan fingerprint density at radius 3 is 2.30 bits per heavy atom. The summed E-state index contributed by atoms with van der Waals surface area (Å²) in [5, 5.41) is 4.42. The second-order valence-corrected chi connectivity index (χ2v) is 9.40. The second kappa shape index (κ2) is 17.2. The van der Waals surface area contributed by atoms with E-state index >= 15 is 0 Å². The third-order valence-corrected chi connectivity index (χ3v) is 6.17. The molecule has 5 nitrogen and oxygen atoms in total. The number of nitrogens with one attached hydrogen (secondary N) is 1. The molecule has 0 spiro atoms. The molecule has 1 saturated heterocycles. The Hall–Kier alpha value is -3.26. The van der Waals surface area contributed by atoms with Gasteiger partial charge >= 0.3 is 0 Å². The molecule has 2 aromatic carbocycles. The van der Waals surface area contributed by atoms with E-state index in [2.05, 4.69) is 37.5 Å². The number of aryl methyl sites for hydroxylation is 1. The number of thioether (sulfide) groups is 1. The van der Waals surface area contributed by atoms with Gasteiger partial charge in [0.25, 0.3) is 0 Å². The SMILES string of the molecule is C=CCC(=O)CC=C.Cc1ccccc1.O=c1c2c(oc3ccccc13)C=CCS2.S=C1CNCCO1. The molecule has 2 aliphatic heterocycles. The third-order valence-electron chi connectivity index (χ3n) is 4.87. The van der Waals surface area contributed by atoms with Gasteiger partial charge in [-0.3, -0.25) is 9.59 Å². The number of hydrogen-bond donors (Lipinski definition) is 1. The number of allylic oxidation sites excluding steroid dienone is 2. The van der Waals surface area contributed by atoms with Crippen LogP contribution in [-0.4, -0.2) is 36.3 Å². The molecule has 3 heterocycles. The zero-order chi connectivity index (χ0) is 26.9. The molecule has 7 heteroatoms. The van der Waals surface area contributed by atoms with Crippen molar-refractivity contribution in [2.45, 2.75) is 24.7 Å². The topological polar surface area (TPSA) is 68.5 Å². The molecular weight excluding hydrogens is 502 g/mol. The van der Waals surface area contributed by atoms with Crippen LogP contribution in [0, 0.1) is 6.92 Å². The molecule has 0 radical (unpaired) electrons. The van der Waals surface area contributed by atoms with E-state index in [-0.39, 0.29) is 11.2 Å². The predicted octanol–water partition coefficient (Wildman–Crippen LogP) is 6.55. The summed E-state index contributed by atoms with van der Waals surface area (Å²) >= 11 is 6.26. The summed E-state index contributed by atoms with van der Waals surface area (Å²) in [6, 6.07) is 17.6. The number of benzene rings is 2. The van der Waals surface area contributed by atoms with E-state index in [1.807, 2.05) is 48.6 Å². The average Bonchev–Trinajstić information content (AvgIpc) is 2.91. The molecule has 2 aliphatic rings. The minimum Gasteiger partial charge on any atom is -0.484 e. The summed E-state index contributed by atoms with van der Waals surface area (Å²) in [6.45, 7) is 11.3. The van der Waals surface area contributed by atoms with Crippen molar-refractivity contribution >= 4 is 51.9 Å². The molecule has 1 fully saturated rings. The highest BCUT2D eigenvalue weighted by Gasteiger charge is 2.14. The molecule has 1 N–H and O–H groups in total. The molecule has 0 atom stereocenters. The van der Waals surface area contributed by atoms with E-state index in [4.69, 9.17) is 21.4 Å². The van der Waals surface area contributed by atoms with Crippen LogP contribution in [0.25, 0.3) is 17.0 Å². The Labute approximate surface area is 228 Å². The summed E-state index contributed by atoms with van der Waals surface area (Å²) in [7, 11) is 0. The number of ether oxygens (including phenoxy) is 1. The fourth-order valence-corrected chi connectivity index (χ4v) is 4.13. The van der Waals surface area contributed by atoms with Crippen LogP contribution >= 0.6 is 24.0 Å². The van der Waals surface area contributed by atoms with Gasteiger partial charge in [0.2, 0.25) is 5.43 Å². The van der Waals surface area contributed by atoms with Gasteiger partial charge in [-0.05, 0) is 37.4 Å². The van der Waals surface area contributed by atoms with Gasteiger partial charge in [-0.25, -0.2) is 0 Å². The van der Waals surface area contributed by atoms with Gasteiger partial charge in [0.05, 0.1) is 16.8 Å². The van der Waals surface area contributed by atoms with E-state index in [0.29, 0.717) is 34.6 Å². The highest BCUT2D eigenvalue weighted by atomic mass is 32.2. The first-order valence-corrected chi connectivity index (χ1v) is 13.3.